The number of amides is 2. The van der Waals surface area contributed by atoms with Gasteiger partial charge >= 0.3 is 6.03 Å². The number of benzene rings is 1. The standard InChI is InChI=1S/C19H25N5O2/c1-19(2)15(14-6-4-3-5-7-14)8-10-23(19)18(25)21-16-12-26-13-17(16)24-11-9-20-22-24/h3-7,9,11,15-17H,8,10,12-13H2,1-2H3,(H,21,25)/t15?,16-,17+/m0/s1. The van der Waals surface area contributed by atoms with Gasteiger partial charge in [0.25, 0.3) is 0 Å². The summed E-state index contributed by atoms with van der Waals surface area (Å²) >= 11 is 0. The first-order chi connectivity index (χ1) is 12.6. The van der Waals surface area contributed by atoms with E-state index in [-0.39, 0.29) is 23.7 Å². The topological polar surface area (TPSA) is 72.3 Å². The summed E-state index contributed by atoms with van der Waals surface area (Å²) in [6, 6.07) is 10.3. The van der Waals surface area contributed by atoms with E-state index >= 15 is 0 Å². The Bertz CT molecular complexity index is 747. The summed E-state index contributed by atoms with van der Waals surface area (Å²) in [5.74, 6) is 0.334. The Hall–Kier alpha value is -2.41. The number of likely N-dealkylation sites (tertiary alicyclic amines) is 1. The summed E-state index contributed by atoms with van der Waals surface area (Å²) in [4.78, 5) is 15.0. The summed E-state index contributed by atoms with van der Waals surface area (Å²) in [6.45, 7) is 6.07. The zero-order valence-electron chi connectivity index (χ0n) is 15.2. The van der Waals surface area contributed by atoms with Crippen molar-refractivity contribution in [3.05, 3.63) is 48.3 Å². The lowest BCUT2D eigenvalue weighted by atomic mass is 9.83. The van der Waals surface area contributed by atoms with Crippen LogP contribution < -0.4 is 5.32 Å². The highest BCUT2D eigenvalue weighted by Gasteiger charge is 2.45. The number of nitrogens with one attached hydrogen (secondary N) is 1. The second kappa shape index (κ2) is 6.72. The fourth-order valence-corrected chi connectivity index (χ4v) is 4.28. The number of nitrogens with zero attached hydrogens (tertiary/aromatic N) is 4. The van der Waals surface area contributed by atoms with Crippen LogP contribution in [0.25, 0.3) is 0 Å². The van der Waals surface area contributed by atoms with Crippen LogP contribution in [0, 0.1) is 0 Å². The average Bonchev–Trinajstić information content (AvgIpc) is 3.34. The van der Waals surface area contributed by atoms with E-state index in [1.807, 2.05) is 17.2 Å². The largest absolute Gasteiger partial charge is 0.377 e. The van der Waals surface area contributed by atoms with E-state index in [0.29, 0.717) is 19.1 Å². The Labute approximate surface area is 153 Å². The van der Waals surface area contributed by atoms with Crippen LogP contribution >= 0.6 is 0 Å². The highest BCUT2D eigenvalue weighted by molar-refractivity contribution is 5.76. The number of ether oxygens (including phenoxy) is 1. The van der Waals surface area contributed by atoms with Crippen molar-refractivity contribution in [1.29, 1.82) is 0 Å². The van der Waals surface area contributed by atoms with Crippen molar-refractivity contribution in [3.63, 3.8) is 0 Å². The van der Waals surface area contributed by atoms with E-state index in [4.69, 9.17) is 4.74 Å². The van der Waals surface area contributed by atoms with Gasteiger partial charge < -0.3 is 15.0 Å². The summed E-state index contributed by atoms with van der Waals surface area (Å²) in [5.41, 5.74) is 1.05. The molecule has 0 saturated carbocycles. The predicted molar refractivity (Wildman–Crippen MR) is 96.8 cm³/mol. The zero-order valence-corrected chi connectivity index (χ0v) is 15.2. The lowest BCUT2D eigenvalue weighted by Gasteiger charge is -2.37. The van der Waals surface area contributed by atoms with Gasteiger partial charge in [-0.25, -0.2) is 9.48 Å². The predicted octanol–water partition coefficient (Wildman–Crippen LogP) is 2.20. The maximum Gasteiger partial charge on any atom is 0.318 e. The quantitative estimate of drug-likeness (QED) is 0.916. The van der Waals surface area contributed by atoms with Gasteiger partial charge in [0, 0.05) is 24.2 Å². The summed E-state index contributed by atoms with van der Waals surface area (Å²) in [7, 11) is 0. The van der Waals surface area contributed by atoms with Crippen molar-refractivity contribution >= 4 is 6.03 Å². The van der Waals surface area contributed by atoms with Gasteiger partial charge in [0.2, 0.25) is 0 Å². The van der Waals surface area contributed by atoms with E-state index in [9.17, 15) is 4.79 Å². The van der Waals surface area contributed by atoms with Crippen molar-refractivity contribution in [2.75, 3.05) is 19.8 Å². The maximum absolute atomic E-state index is 13.0. The monoisotopic (exact) mass is 355 g/mol. The van der Waals surface area contributed by atoms with E-state index in [1.165, 1.54) is 5.56 Å². The van der Waals surface area contributed by atoms with E-state index in [1.54, 1.807) is 10.9 Å². The molecule has 2 aromatic rings. The molecule has 138 valence electrons. The number of rotatable bonds is 3. The van der Waals surface area contributed by atoms with Crippen molar-refractivity contribution < 1.29 is 9.53 Å². The Morgan fingerprint density at radius 2 is 2.08 bits per heavy atom. The van der Waals surface area contributed by atoms with Crippen molar-refractivity contribution in [3.8, 4) is 0 Å². The lowest BCUT2D eigenvalue weighted by Crippen LogP contribution is -2.53. The van der Waals surface area contributed by atoms with Gasteiger partial charge in [-0.05, 0) is 25.8 Å². The molecule has 3 atom stereocenters. The van der Waals surface area contributed by atoms with Crippen molar-refractivity contribution in [1.82, 2.24) is 25.2 Å². The smallest absolute Gasteiger partial charge is 0.318 e. The van der Waals surface area contributed by atoms with Crippen LogP contribution in [-0.4, -0.2) is 57.3 Å². The minimum atomic E-state index is -0.242. The molecule has 1 aromatic carbocycles. The van der Waals surface area contributed by atoms with Crippen LogP contribution in [0.1, 0.15) is 37.8 Å². The molecule has 1 unspecified atom stereocenters. The number of carbonyl (C=O) groups excluding carboxylic acids is 1. The second-order valence-corrected chi connectivity index (χ2v) is 7.60. The van der Waals surface area contributed by atoms with Gasteiger partial charge in [0.05, 0.1) is 31.5 Å². The van der Waals surface area contributed by atoms with Gasteiger partial charge in [0.1, 0.15) is 0 Å². The summed E-state index contributed by atoms with van der Waals surface area (Å²) < 4.78 is 7.34. The van der Waals surface area contributed by atoms with E-state index < -0.39 is 0 Å². The number of hydrogen-bond donors (Lipinski definition) is 1. The molecular formula is C19H25N5O2. The molecule has 3 heterocycles. The molecule has 2 aliphatic rings. The molecular weight excluding hydrogens is 330 g/mol. The van der Waals surface area contributed by atoms with Crippen molar-refractivity contribution in [2.45, 2.75) is 43.8 Å². The molecule has 1 aromatic heterocycles. The normalized spacial score (nSPS) is 27.6. The third kappa shape index (κ3) is 2.96. The van der Waals surface area contributed by atoms with Gasteiger partial charge in [-0.15, -0.1) is 5.10 Å². The maximum atomic E-state index is 13.0. The Morgan fingerprint density at radius 3 is 2.81 bits per heavy atom. The first kappa shape index (κ1) is 17.0. The van der Waals surface area contributed by atoms with Crippen LogP contribution in [0.4, 0.5) is 4.79 Å². The third-order valence-corrected chi connectivity index (χ3v) is 5.78. The van der Waals surface area contributed by atoms with Gasteiger partial charge in [0.15, 0.2) is 0 Å². The average molecular weight is 355 g/mol. The minimum absolute atomic E-state index is 0.0166. The summed E-state index contributed by atoms with van der Waals surface area (Å²) in [6.07, 6.45) is 4.42. The molecule has 2 fully saturated rings. The number of aromatic nitrogens is 3. The Balaban J connectivity index is 1.47. The molecule has 0 bridgehead atoms. The molecule has 0 aliphatic carbocycles. The second-order valence-electron chi connectivity index (χ2n) is 7.60. The molecule has 7 heteroatoms. The SMILES string of the molecule is CC1(C)C(c2ccccc2)CCN1C(=O)N[C@H]1COC[C@H]1n1ccnn1. The summed E-state index contributed by atoms with van der Waals surface area (Å²) in [5, 5.41) is 11.1. The van der Waals surface area contributed by atoms with Crippen LogP contribution in [0.5, 0.6) is 0 Å². The van der Waals surface area contributed by atoms with Crippen LogP contribution in [-0.2, 0) is 4.74 Å². The van der Waals surface area contributed by atoms with Crippen molar-refractivity contribution in [2.24, 2.45) is 0 Å². The molecule has 7 nitrogen and oxygen atoms in total. The molecule has 4 rings (SSSR count). The number of hydrogen-bond acceptors (Lipinski definition) is 4. The molecule has 2 amide bonds. The molecule has 2 saturated heterocycles. The van der Waals surface area contributed by atoms with E-state index in [2.05, 4.69) is 53.7 Å². The molecule has 0 radical (unpaired) electrons. The zero-order chi connectivity index (χ0) is 18.1. The fraction of sp³-hybridized carbons (Fsp3) is 0.526. The third-order valence-electron chi connectivity index (χ3n) is 5.78. The highest BCUT2D eigenvalue weighted by atomic mass is 16.5. The van der Waals surface area contributed by atoms with Crippen LogP contribution in [0.3, 0.4) is 0 Å². The lowest BCUT2D eigenvalue weighted by molar-refractivity contribution is 0.150. The highest BCUT2D eigenvalue weighted by Crippen LogP contribution is 2.41. The molecule has 1 N–H and O–H groups in total. The molecule has 2 aliphatic heterocycles. The van der Waals surface area contributed by atoms with Crippen LogP contribution in [0.2, 0.25) is 0 Å². The first-order valence-corrected chi connectivity index (χ1v) is 9.14. The van der Waals surface area contributed by atoms with Gasteiger partial charge in [-0.3, -0.25) is 0 Å². The van der Waals surface area contributed by atoms with Gasteiger partial charge in [-0.2, -0.15) is 0 Å². The molecule has 0 spiro atoms. The fourth-order valence-electron chi connectivity index (χ4n) is 4.28. The van der Waals surface area contributed by atoms with E-state index in [0.717, 1.165) is 13.0 Å². The minimum Gasteiger partial charge on any atom is -0.377 e. The van der Waals surface area contributed by atoms with Crippen LogP contribution in [0.15, 0.2) is 42.7 Å². The molecule has 26 heavy (non-hydrogen) atoms. The first-order valence-electron chi connectivity index (χ1n) is 9.14. The Morgan fingerprint density at radius 1 is 1.27 bits per heavy atom. The number of urea groups is 1. The Kier molecular flexibility index (Phi) is 4.40. The number of carbonyl (C=O) groups is 1. The van der Waals surface area contributed by atoms with Gasteiger partial charge in [-0.1, -0.05) is 35.5 Å².